The summed E-state index contributed by atoms with van der Waals surface area (Å²) in [5.74, 6) is 0.154. The molecule has 134 valence electrons. The average molecular weight is 384 g/mol. The van der Waals surface area contributed by atoms with E-state index < -0.39 is 0 Å². The van der Waals surface area contributed by atoms with Gasteiger partial charge in [-0.2, -0.15) is 5.26 Å². The second-order valence-electron chi connectivity index (χ2n) is 6.20. The van der Waals surface area contributed by atoms with E-state index in [0.29, 0.717) is 16.5 Å². The molecule has 0 aliphatic rings. The van der Waals surface area contributed by atoms with E-state index in [2.05, 4.69) is 42.7 Å². The number of nitriles is 1. The van der Waals surface area contributed by atoms with E-state index in [1.54, 1.807) is 6.08 Å². The first kappa shape index (κ1) is 19.8. The van der Waals surface area contributed by atoms with Crippen molar-refractivity contribution in [2.24, 2.45) is 0 Å². The SMILES string of the molecule is Cc1sc(NC(=S)NC(=O)/C=C/c2ccc(C(C)C)cc2)c(C#N)c1C. The van der Waals surface area contributed by atoms with Crippen LogP contribution in [0.5, 0.6) is 0 Å². The highest BCUT2D eigenvalue weighted by molar-refractivity contribution is 7.80. The largest absolute Gasteiger partial charge is 0.323 e. The zero-order valence-corrected chi connectivity index (χ0v) is 16.8. The number of amides is 1. The number of benzene rings is 1. The summed E-state index contributed by atoms with van der Waals surface area (Å²) in [6, 6.07) is 10.2. The predicted octanol–water partition coefficient (Wildman–Crippen LogP) is 4.89. The first-order valence-electron chi connectivity index (χ1n) is 8.22. The summed E-state index contributed by atoms with van der Waals surface area (Å²) in [6.07, 6.45) is 3.18. The minimum Gasteiger partial charge on any atom is -0.323 e. The van der Waals surface area contributed by atoms with E-state index in [1.807, 2.05) is 26.0 Å². The summed E-state index contributed by atoms with van der Waals surface area (Å²) in [6.45, 7) is 8.12. The van der Waals surface area contributed by atoms with Crippen molar-refractivity contribution in [3.05, 3.63) is 57.5 Å². The van der Waals surface area contributed by atoms with Crippen LogP contribution in [0.4, 0.5) is 5.00 Å². The minimum atomic E-state index is -0.320. The van der Waals surface area contributed by atoms with Crippen LogP contribution < -0.4 is 10.6 Å². The molecule has 0 bridgehead atoms. The van der Waals surface area contributed by atoms with Gasteiger partial charge in [-0.25, -0.2) is 0 Å². The molecule has 1 amide bonds. The highest BCUT2D eigenvalue weighted by Crippen LogP contribution is 2.31. The lowest BCUT2D eigenvalue weighted by atomic mass is 10.0. The Morgan fingerprint density at radius 3 is 2.50 bits per heavy atom. The number of nitrogens with zero attached hydrogens (tertiary/aromatic N) is 1. The summed E-state index contributed by atoms with van der Waals surface area (Å²) in [5, 5.41) is 15.6. The van der Waals surface area contributed by atoms with Crippen LogP contribution in [0.2, 0.25) is 0 Å². The molecule has 1 aromatic heterocycles. The van der Waals surface area contributed by atoms with Crippen LogP contribution in [0.25, 0.3) is 6.08 Å². The van der Waals surface area contributed by atoms with Crippen LogP contribution >= 0.6 is 23.6 Å². The molecule has 2 rings (SSSR count). The number of rotatable bonds is 4. The van der Waals surface area contributed by atoms with E-state index in [-0.39, 0.29) is 11.0 Å². The fraction of sp³-hybridized carbons (Fsp3) is 0.250. The van der Waals surface area contributed by atoms with Gasteiger partial charge in [0.15, 0.2) is 5.11 Å². The van der Waals surface area contributed by atoms with Gasteiger partial charge in [-0.3, -0.25) is 10.1 Å². The number of thiophene rings is 1. The molecule has 26 heavy (non-hydrogen) atoms. The molecule has 2 N–H and O–H groups in total. The Hall–Kier alpha value is -2.49. The third-order valence-corrected chi connectivity index (χ3v) is 5.32. The Kier molecular flexibility index (Phi) is 6.67. The molecule has 0 unspecified atom stereocenters. The van der Waals surface area contributed by atoms with Gasteiger partial charge in [0, 0.05) is 11.0 Å². The number of hydrogen-bond acceptors (Lipinski definition) is 4. The molecule has 2 aromatic rings. The van der Waals surface area contributed by atoms with E-state index >= 15 is 0 Å². The number of anilines is 1. The van der Waals surface area contributed by atoms with Crippen LogP contribution in [0.15, 0.2) is 30.3 Å². The molecule has 0 aliphatic carbocycles. The standard InChI is InChI=1S/C20H21N3OS2/c1-12(2)16-8-5-15(6-9-16)7-10-18(24)22-20(25)23-19-17(11-21)13(3)14(4)26-19/h5-10,12H,1-4H3,(H2,22,23,24,25)/b10-7+. The molecule has 4 nitrogen and oxygen atoms in total. The Bertz CT molecular complexity index is 887. The normalized spacial score (nSPS) is 10.8. The van der Waals surface area contributed by atoms with E-state index in [4.69, 9.17) is 12.2 Å². The van der Waals surface area contributed by atoms with Gasteiger partial charge >= 0.3 is 0 Å². The summed E-state index contributed by atoms with van der Waals surface area (Å²) >= 11 is 6.61. The summed E-state index contributed by atoms with van der Waals surface area (Å²) in [7, 11) is 0. The topological polar surface area (TPSA) is 64.9 Å². The van der Waals surface area contributed by atoms with Gasteiger partial charge in [0.2, 0.25) is 5.91 Å². The first-order chi connectivity index (χ1) is 12.3. The van der Waals surface area contributed by atoms with Gasteiger partial charge < -0.3 is 5.32 Å². The van der Waals surface area contributed by atoms with Crippen molar-refractivity contribution in [3.8, 4) is 6.07 Å². The lowest BCUT2D eigenvalue weighted by Gasteiger charge is -2.07. The maximum atomic E-state index is 12.0. The summed E-state index contributed by atoms with van der Waals surface area (Å²) < 4.78 is 0. The molecule has 6 heteroatoms. The van der Waals surface area contributed by atoms with Gasteiger partial charge in [-0.05, 0) is 54.7 Å². The van der Waals surface area contributed by atoms with Gasteiger partial charge in [0.05, 0.1) is 5.56 Å². The van der Waals surface area contributed by atoms with Gasteiger partial charge in [0.1, 0.15) is 11.1 Å². The van der Waals surface area contributed by atoms with E-state index in [9.17, 15) is 10.1 Å². The molecule has 1 heterocycles. The van der Waals surface area contributed by atoms with Crippen molar-refractivity contribution in [3.63, 3.8) is 0 Å². The number of carbonyl (C=O) groups is 1. The van der Waals surface area contributed by atoms with Crippen molar-refractivity contribution >= 4 is 45.7 Å². The first-order valence-corrected chi connectivity index (χ1v) is 9.44. The van der Waals surface area contributed by atoms with Crippen LogP contribution in [0, 0.1) is 25.2 Å². The number of hydrogen-bond donors (Lipinski definition) is 2. The molecule has 0 aliphatic heterocycles. The average Bonchev–Trinajstić information content (AvgIpc) is 2.86. The highest BCUT2D eigenvalue weighted by Gasteiger charge is 2.13. The lowest BCUT2D eigenvalue weighted by molar-refractivity contribution is -0.115. The highest BCUT2D eigenvalue weighted by atomic mass is 32.1. The van der Waals surface area contributed by atoms with Crippen LogP contribution in [-0.4, -0.2) is 11.0 Å². The number of aryl methyl sites for hydroxylation is 1. The molecule has 0 radical (unpaired) electrons. The molecule has 0 spiro atoms. The zero-order chi connectivity index (χ0) is 19.3. The Morgan fingerprint density at radius 1 is 1.27 bits per heavy atom. The van der Waals surface area contributed by atoms with Gasteiger partial charge in [-0.1, -0.05) is 38.1 Å². The Balaban J connectivity index is 1.96. The van der Waals surface area contributed by atoms with Gasteiger partial charge in [0.25, 0.3) is 0 Å². The molecular formula is C20H21N3OS2. The fourth-order valence-electron chi connectivity index (χ4n) is 2.30. The summed E-state index contributed by atoms with van der Waals surface area (Å²) in [5.41, 5.74) is 3.69. The Labute approximate surface area is 163 Å². The third-order valence-electron chi connectivity index (χ3n) is 3.99. The van der Waals surface area contributed by atoms with E-state index in [1.165, 1.54) is 23.0 Å². The molecule has 1 aromatic carbocycles. The summed E-state index contributed by atoms with van der Waals surface area (Å²) in [4.78, 5) is 13.1. The second kappa shape index (κ2) is 8.75. The second-order valence-corrected chi connectivity index (χ2v) is 7.83. The number of nitrogens with one attached hydrogen (secondary N) is 2. The monoisotopic (exact) mass is 383 g/mol. The van der Waals surface area contributed by atoms with Crippen molar-refractivity contribution < 1.29 is 4.79 Å². The molecule has 0 atom stereocenters. The third kappa shape index (κ3) is 5.01. The number of carbonyl (C=O) groups excluding carboxylic acids is 1. The fourth-order valence-corrected chi connectivity index (χ4v) is 3.58. The zero-order valence-electron chi connectivity index (χ0n) is 15.2. The lowest BCUT2D eigenvalue weighted by Crippen LogP contribution is -2.32. The molecular weight excluding hydrogens is 362 g/mol. The molecule has 0 fully saturated rings. The quantitative estimate of drug-likeness (QED) is 0.583. The van der Waals surface area contributed by atoms with E-state index in [0.717, 1.165) is 16.0 Å². The molecule has 0 saturated heterocycles. The maximum Gasteiger partial charge on any atom is 0.250 e. The molecule has 0 saturated carbocycles. The van der Waals surface area contributed by atoms with Gasteiger partial charge in [-0.15, -0.1) is 11.3 Å². The number of thiocarbonyl (C=S) groups is 1. The smallest absolute Gasteiger partial charge is 0.250 e. The van der Waals surface area contributed by atoms with Crippen LogP contribution in [0.3, 0.4) is 0 Å². The minimum absolute atomic E-state index is 0.174. The predicted molar refractivity (Wildman–Crippen MR) is 112 cm³/mol. The van der Waals surface area contributed by atoms with Crippen LogP contribution in [0.1, 0.15) is 46.9 Å². The van der Waals surface area contributed by atoms with Crippen molar-refractivity contribution in [2.45, 2.75) is 33.6 Å². The van der Waals surface area contributed by atoms with Crippen LogP contribution in [-0.2, 0) is 4.79 Å². The van der Waals surface area contributed by atoms with Crippen molar-refractivity contribution in [1.29, 1.82) is 5.26 Å². The Morgan fingerprint density at radius 2 is 1.92 bits per heavy atom. The van der Waals surface area contributed by atoms with Crippen molar-refractivity contribution in [2.75, 3.05) is 5.32 Å². The van der Waals surface area contributed by atoms with Crippen molar-refractivity contribution in [1.82, 2.24) is 5.32 Å². The maximum absolute atomic E-state index is 12.0.